The van der Waals surface area contributed by atoms with Crippen LogP contribution in [0.4, 0.5) is 5.95 Å². The number of methoxy groups -OCH3 is 1. The summed E-state index contributed by atoms with van der Waals surface area (Å²) in [6, 6.07) is 5.21. The molecule has 8 nitrogen and oxygen atoms in total. The molecule has 2 N–H and O–H groups in total. The Morgan fingerprint density at radius 3 is 2.71 bits per heavy atom. The maximum absolute atomic E-state index is 5.11. The van der Waals surface area contributed by atoms with Gasteiger partial charge in [0.1, 0.15) is 16.6 Å². The van der Waals surface area contributed by atoms with Gasteiger partial charge in [0.2, 0.25) is 5.95 Å². The average Bonchev–Trinajstić information content (AvgIpc) is 3.14. The van der Waals surface area contributed by atoms with Gasteiger partial charge in [-0.2, -0.15) is 0 Å². The molecule has 4 rings (SSSR count). The van der Waals surface area contributed by atoms with Crippen LogP contribution in [0.1, 0.15) is 45.6 Å². The molecule has 2 aromatic heterocycles. The number of nitrogens with one attached hydrogen (secondary N) is 2. The second kappa shape index (κ2) is 8.36. The van der Waals surface area contributed by atoms with Crippen molar-refractivity contribution in [1.29, 1.82) is 0 Å². The van der Waals surface area contributed by atoms with Crippen molar-refractivity contribution < 1.29 is 4.74 Å². The minimum absolute atomic E-state index is 0.225. The second-order valence-electron chi connectivity index (χ2n) is 7.83. The molecule has 0 saturated heterocycles. The highest BCUT2D eigenvalue weighted by molar-refractivity contribution is 6.01. The van der Waals surface area contributed by atoms with E-state index in [9.17, 15) is 0 Å². The van der Waals surface area contributed by atoms with Crippen LogP contribution in [0.15, 0.2) is 18.3 Å². The Morgan fingerprint density at radius 1 is 1.18 bits per heavy atom. The van der Waals surface area contributed by atoms with Gasteiger partial charge in [-0.3, -0.25) is 0 Å². The van der Waals surface area contributed by atoms with Crippen LogP contribution in [0.5, 0.6) is 0 Å². The predicted molar refractivity (Wildman–Crippen MR) is 111 cm³/mol. The van der Waals surface area contributed by atoms with E-state index < -0.39 is 0 Å². The number of hydrogen-bond donors (Lipinski definition) is 2. The van der Waals surface area contributed by atoms with Crippen molar-refractivity contribution in [2.24, 2.45) is 0 Å². The topological polar surface area (TPSA) is 89.8 Å². The first kappa shape index (κ1) is 19.0. The standard InChI is InChI=1S/C20H29N7O/c1-13(2)27-19-17(25-26-27)9-4-14-12-22-20(24-18(14)19)23-16-7-5-15(6-8-16)21-10-11-28-3/h4,9,12-13,15-16,21H,5-8,10-11H2,1-3H3,(H,22,23,24). The van der Waals surface area contributed by atoms with E-state index in [0.29, 0.717) is 18.0 Å². The van der Waals surface area contributed by atoms with Crippen LogP contribution in [-0.4, -0.2) is 57.3 Å². The highest BCUT2D eigenvalue weighted by Gasteiger charge is 2.21. The van der Waals surface area contributed by atoms with Crippen LogP contribution < -0.4 is 10.6 Å². The fraction of sp³-hybridized carbons (Fsp3) is 0.600. The van der Waals surface area contributed by atoms with Gasteiger partial charge in [-0.05, 0) is 51.7 Å². The van der Waals surface area contributed by atoms with Crippen molar-refractivity contribution in [1.82, 2.24) is 30.3 Å². The molecule has 1 fully saturated rings. The lowest BCUT2D eigenvalue weighted by Crippen LogP contribution is -2.38. The lowest BCUT2D eigenvalue weighted by Gasteiger charge is -2.29. The Hall–Kier alpha value is -2.32. The van der Waals surface area contributed by atoms with E-state index in [2.05, 4.69) is 39.8 Å². The van der Waals surface area contributed by atoms with E-state index in [1.807, 2.05) is 23.0 Å². The summed E-state index contributed by atoms with van der Waals surface area (Å²) in [6.45, 7) is 5.89. The first-order valence-corrected chi connectivity index (χ1v) is 10.1. The minimum Gasteiger partial charge on any atom is -0.383 e. The Morgan fingerprint density at radius 2 is 1.96 bits per heavy atom. The number of aromatic nitrogens is 5. The highest BCUT2D eigenvalue weighted by atomic mass is 16.5. The summed E-state index contributed by atoms with van der Waals surface area (Å²) in [4.78, 5) is 9.38. The van der Waals surface area contributed by atoms with Gasteiger partial charge < -0.3 is 15.4 Å². The third-order valence-corrected chi connectivity index (χ3v) is 5.47. The first-order valence-electron chi connectivity index (χ1n) is 10.1. The number of benzene rings is 1. The largest absolute Gasteiger partial charge is 0.383 e. The highest BCUT2D eigenvalue weighted by Crippen LogP contribution is 2.26. The molecule has 0 unspecified atom stereocenters. The molecule has 0 bridgehead atoms. The number of ether oxygens (including phenoxy) is 1. The van der Waals surface area contributed by atoms with Gasteiger partial charge in [-0.15, -0.1) is 5.10 Å². The zero-order chi connectivity index (χ0) is 19.5. The summed E-state index contributed by atoms with van der Waals surface area (Å²) in [5, 5.41) is 16.7. The van der Waals surface area contributed by atoms with Gasteiger partial charge in [0, 0.05) is 43.4 Å². The third-order valence-electron chi connectivity index (χ3n) is 5.47. The normalized spacial score (nSPS) is 20.3. The zero-order valence-corrected chi connectivity index (χ0v) is 16.9. The molecule has 3 aromatic rings. The minimum atomic E-state index is 0.225. The van der Waals surface area contributed by atoms with Crippen molar-refractivity contribution >= 4 is 27.9 Å². The molecule has 0 aliphatic heterocycles. The Bertz CT molecular complexity index is 931. The fourth-order valence-electron chi connectivity index (χ4n) is 3.94. The van der Waals surface area contributed by atoms with Gasteiger partial charge in [-0.25, -0.2) is 14.6 Å². The van der Waals surface area contributed by atoms with Crippen molar-refractivity contribution in [3.8, 4) is 0 Å². The molecule has 150 valence electrons. The molecule has 1 saturated carbocycles. The third kappa shape index (κ3) is 3.93. The maximum atomic E-state index is 5.11. The van der Waals surface area contributed by atoms with E-state index in [4.69, 9.17) is 9.72 Å². The molecule has 28 heavy (non-hydrogen) atoms. The van der Waals surface area contributed by atoms with E-state index >= 15 is 0 Å². The second-order valence-corrected chi connectivity index (χ2v) is 7.83. The molecule has 8 heteroatoms. The Labute approximate surface area is 165 Å². The van der Waals surface area contributed by atoms with Crippen LogP contribution in [0, 0.1) is 0 Å². The lowest BCUT2D eigenvalue weighted by molar-refractivity contribution is 0.191. The van der Waals surface area contributed by atoms with Crippen LogP contribution in [-0.2, 0) is 4.74 Å². The van der Waals surface area contributed by atoms with E-state index in [1.54, 1.807) is 7.11 Å². The summed E-state index contributed by atoms with van der Waals surface area (Å²) < 4.78 is 7.05. The lowest BCUT2D eigenvalue weighted by atomic mass is 9.91. The van der Waals surface area contributed by atoms with E-state index in [-0.39, 0.29) is 6.04 Å². The molecule has 1 aromatic carbocycles. The molecule has 1 aliphatic rings. The summed E-state index contributed by atoms with van der Waals surface area (Å²) in [6.07, 6.45) is 6.43. The molecule has 1 aliphatic carbocycles. The molecule has 0 amide bonds. The van der Waals surface area contributed by atoms with Gasteiger partial charge in [0.05, 0.1) is 6.61 Å². The number of hydrogen-bond acceptors (Lipinski definition) is 7. The summed E-state index contributed by atoms with van der Waals surface area (Å²) in [5.74, 6) is 0.687. The van der Waals surface area contributed by atoms with Crippen molar-refractivity contribution in [2.45, 2.75) is 57.7 Å². The monoisotopic (exact) mass is 383 g/mol. The van der Waals surface area contributed by atoms with Crippen molar-refractivity contribution in [3.63, 3.8) is 0 Å². The molecule has 2 heterocycles. The zero-order valence-electron chi connectivity index (χ0n) is 16.9. The number of anilines is 1. The Balaban J connectivity index is 1.49. The molecular weight excluding hydrogens is 354 g/mol. The summed E-state index contributed by atoms with van der Waals surface area (Å²) in [5.41, 5.74) is 2.75. The van der Waals surface area contributed by atoms with Crippen LogP contribution >= 0.6 is 0 Å². The summed E-state index contributed by atoms with van der Waals surface area (Å²) in [7, 11) is 1.74. The van der Waals surface area contributed by atoms with E-state index in [1.165, 1.54) is 0 Å². The molecule has 0 atom stereocenters. The molecule has 0 radical (unpaired) electrons. The quantitative estimate of drug-likeness (QED) is 0.606. The van der Waals surface area contributed by atoms with Crippen molar-refractivity contribution in [3.05, 3.63) is 18.3 Å². The number of fused-ring (bicyclic) bond motifs is 3. The van der Waals surface area contributed by atoms with Crippen molar-refractivity contribution in [2.75, 3.05) is 25.6 Å². The maximum Gasteiger partial charge on any atom is 0.223 e. The first-order chi connectivity index (χ1) is 13.7. The fourth-order valence-corrected chi connectivity index (χ4v) is 3.94. The Kier molecular flexibility index (Phi) is 5.68. The summed E-state index contributed by atoms with van der Waals surface area (Å²) >= 11 is 0. The molecule has 0 spiro atoms. The SMILES string of the molecule is COCCNC1CCC(Nc2ncc3ccc4nnn(C(C)C)c4c3n2)CC1. The smallest absolute Gasteiger partial charge is 0.223 e. The van der Waals surface area contributed by atoms with Gasteiger partial charge in [0.15, 0.2) is 0 Å². The number of rotatable bonds is 7. The van der Waals surface area contributed by atoms with Crippen LogP contribution in [0.3, 0.4) is 0 Å². The molecular formula is C20H29N7O. The van der Waals surface area contributed by atoms with Crippen LogP contribution in [0.2, 0.25) is 0 Å². The average molecular weight is 384 g/mol. The van der Waals surface area contributed by atoms with Gasteiger partial charge in [-0.1, -0.05) is 5.21 Å². The van der Waals surface area contributed by atoms with Crippen LogP contribution in [0.25, 0.3) is 21.9 Å². The van der Waals surface area contributed by atoms with Gasteiger partial charge >= 0.3 is 0 Å². The number of nitrogens with zero attached hydrogens (tertiary/aromatic N) is 5. The van der Waals surface area contributed by atoms with Gasteiger partial charge in [0.25, 0.3) is 0 Å². The predicted octanol–water partition coefficient (Wildman–Crippen LogP) is 2.91. The van der Waals surface area contributed by atoms with E-state index in [0.717, 1.165) is 60.8 Å².